The van der Waals surface area contributed by atoms with E-state index in [1.807, 2.05) is 13.8 Å². The molecular weight excluding hydrogens is 516 g/mol. The molecule has 3 heterocycles. The minimum absolute atomic E-state index is 0.0336. The molecule has 9 nitrogen and oxygen atoms in total. The summed E-state index contributed by atoms with van der Waals surface area (Å²) in [7, 11) is 3.37. The van der Waals surface area contributed by atoms with Crippen LogP contribution in [-0.2, 0) is 10.9 Å². The number of ether oxygens (including phenoxy) is 1. The van der Waals surface area contributed by atoms with E-state index in [4.69, 9.17) is 4.74 Å². The van der Waals surface area contributed by atoms with Gasteiger partial charge in [-0.25, -0.2) is 14.8 Å². The number of aromatic nitrogens is 3. The maximum atomic E-state index is 14.2. The normalized spacial score (nSPS) is 14.2. The van der Waals surface area contributed by atoms with Crippen LogP contribution < -0.4 is 20.5 Å². The van der Waals surface area contributed by atoms with Crippen LogP contribution in [0.15, 0.2) is 41.8 Å². The van der Waals surface area contributed by atoms with Crippen LogP contribution in [0.4, 0.5) is 46.4 Å². The summed E-state index contributed by atoms with van der Waals surface area (Å²) < 4.78 is 60.0. The second kappa shape index (κ2) is 11.8. The molecule has 13 heteroatoms. The molecular formula is C26H30F4N8O. The summed E-state index contributed by atoms with van der Waals surface area (Å²) in [6.07, 6.45) is -0.380. The fourth-order valence-corrected chi connectivity index (χ4v) is 3.97. The van der Waals surface area contributed by atoms with Gasteiger partial charge in [-0.15, -0.1) is 0 Å². The highest BCUT2D eigenvalue weighted by atomic mass is 19.4. The van der Waals surface area contributed by atoms with E-state index in [-0.39, 0.29) is 17.7 Å². The quantitative estimate of drug-likeness (QED) is 0.225. The van der Waals surface area contributed by atoms with Gasteiger partial charge >= 0.3 is 6.18 Å². The van der Waals surface area contributed by atoms with E-state index < -0.39 is 17.6 Å². The maximum Gasteiger partial charge on any atom is 0.416 e. The molecule has 2 aromatic heterocycles. The van der Waals surface area contributed by atoms with Gasteiger partial charge in [0, 0.05) is 38.6 Å². The molecule has 0 unspecified atom stereocenters. The maximum absolute atomic E-state index is 14.2. The van der Waals surface area contributed by atoms with Gasteiger partial charge in [-0.05, 0) is 35.7 Å². The second-order valence-electron chi connectivity index (χ2n) is 9.47. The summed E-state index contributed by atoms with van der Waals surface area (Å²) in [5.41, 5.74) is 4.58. The smallest absolute Gasteiger partial charge is 0.378 e. The molecule has 208 valence electrons. The molecule has 0 spiro atoms. The lowest BCUT2D eigenvalue weighted by molar-refractivity contribution is -0.137. The zero-order valence-electron chi connectivity index (χ0n) is 22.1. The van der Waals surface area contributed by atoms with Crippen molar-refractivity contribution in [1.29, 1.82) is 0 Å². The van der Waals surface area contributed by atoms with Crippen LogP contribution >= 0.6 is 0 Å². The van der Waals surface area contributed by atoms with Crippen LogP contribution in [0.3, 0.4) is 0 Å². The van der Waals surface area contributed by atoms with Gasteiger partial charge in [-0.1, -0.05) is 13.8 Å². The zero-order valence-corrected chi connectivity index (χ0v) is 22.1. The number of pyridine rings is 1. The fraction of sp³-hybridized carbons (Fsp3) is 0.385. The highest BCUT2D eigenvalue weighted by Gasteiger charge is 2.31. The standard InChI is InChI=1S/C26H30F4N8O/c1-16(2)21-12-19(13-33-36-25-32-14-22(27)24(35-25)38-5-7-39-8-6-38)31-15-23(21)34-18-9-17(26(28,29)30)10-20(11-18)37(3)4/h9-16,34H,5-8H2,1-4H3,(H,32,35,36)/b33-13+. The van der Waals surface area contributed by atoms with E-state index in [9.17, 15) is 17.6 Å². The number of nitrogens with zero attached hydrogens (tertiary/aromatic N) is 6. The van der Waals surface area contributed by atoms with E-state index in [0.717, 1.165) is 23.9 Å². The summed E-state index contributed by atoms with van der Waals surface area (Å²) in [5.74, 6) is -0.200. The highest BCUT2D eigenvalue weighted by Crippen LogP contribution is 2.36. The van der Waals surface area contributed by atoms with Crippen LogP contribution in [0, 0.1) is 5.82 Å². The fourth-order valence-electron chi connectivity index (χ4n) is 3.97. The number of rotatable bonds is 8. The van der Waals surface area contributed by atoms with Crippen LogP contribution in [0.5, 0.6) is 0 Å². The van der Waals surface area contributed by atoms with Gasteiger partial charge in [0.25, 0.3) is 0 Å². The third-order valence-corrected chi connectivity index (χ3v) is 6.02. The topological polar surface area (TPSA) is 90.8 Å². The van der Waals surface area contributed by atoms with Gasteiger partial charge in [0.2, 0.25) is 5.95 Å². The summed E-state index contributed by atoms with van der Waals surface area (Å²) in [5, 5.41) is 7.23. The highest BCUT2D eigenvalue weighted by molar-refractivity contribution is 5.79. The predicted octanol–water partition coefficient (Wildman–Crippen LogP) is 5.25. The van der Waals surface area contributed by atoms with Gasteiger partial charge in [0.1, 0.15) is 0 Å². The van der Waals surface area contributed by atoms with Gasteiger partial charge < -0.3 is 19.9 Å². The lowest BCUT2D eigenvalue weighted by atomic mass is 10.0. The van der Waals surface area contributed by atoms with Crippen LogP contribution in [0.25, 0.3) is 0 Å². The molecule has 4 rings (SSSR count). The Morgan fingerprint density at radius 3 is 2.49 bits per heavy atom. The molecule has 0 atom stereocenters. The van der Waals surface area contributed by atoms with Crippen molar-refractivity contribution in [1.82, 2.24) is 15.0 Å². The Bertz CT molecular complexity index is 1320. The molecule has 39 heavy (non-hydrogen) atoms. The first-order valence-corrected chi connectivity index (χ1v) is 12.3. The van der Waals surface area contributed by atoms with Crippen molar-refractivity contribution in [3.8, 4) is 0 Å². The number of hydrazone groups is 1. The molecule has 1 saturated heterocycles. The number of benzene rings is 1. The second-order valence-corrected chi connectivity index (χ2v) is 9.47. The third kappa shape index (κ3) is 7.11. The molecule has 0 aliphatic carbocycles. The van der Waals surface area contributed by atoms with Crippen LogP contribution in [-0.4, -0.2) is 61.6 Å². The van der Waals surface area contributed by atoms with Gasteiger partial charge in [-0.3, -0.25) is 4.98 Å². The lowest BCUT2D eigenvalue weighted by Crippen LogP contribution is -2.37. The molecule has 0 bridgehead atoms. The molecule has 1 aliphatic heterocycles. The number of hydrogen-bond donors (Lipinski definition) is 2. The van der Waals surface area contributed by atoms with Crippen molar-refractivity contribution in [3.63, 3.8) is 0 Å². The molecule has 0 radical (unpaired) electrons. The average Bonchev–Trinajstić information content (AvgIpc) is 2.90. The number of anilines is 5. The summed E-state index contributed by atoms with van der Waals surface area (Å²) in [4.78, 5) is 15.9. The van der Waals surface area contributed by atoms with Gasteiger partial charge in [0.15, 0.2) is 11.6 Å². The number of hydrogen-bond acceptors (Lipinski definition) is 9. The molecule has 1 aromatic carbocycles. The van der Waals surface area contributed by atoms with Crippen molar-refractivity contribution in [2.24, 2.45) is 5.10 Å². The third-order valence-electron chi connectivity index (χ3n) is 6.02. The Morgan fingerprint density at radius 1 is 1.08 bits per heavy atom. The summed E-state index contributed by atoms with van der Waals surface area (Å²) >= 11 is 0. The molecule has 1 fully saturated rings. The van der Waals surface area contributed by atoms with Crippen molar-refractivity contribution < 1.29 is 22.3 Å². The van der Waals surface area contributed by atoms with Crippen LogP contribution in [0.2, 0.25) is 0 Å². The van der Waals surface area contributed by atoms with Crippen molar-refractivity contribution in [2.75, 3.05) is 60.9 Å². The molecule has 0 amide bonds. The lowest BCUT2D eigenvalue weighted by Gasteiger charge is -2.27. The minimum Gasteiger partial charge on any atom is -0.378 e. The number of halogens is 4. The molecule has 0 saturated carbocycles. The first kappa shape index (κ1) is 28.0. The van der Waals surface area contributed by atoms with Crippen molar-refractivity contribution in [2.45, 2.75) is 25.9 Å². The molecule has 1 aliphatic rings. The Balaban J connectivity index is 1.53. The first-order chi connectivity index (χ1) is 18.5. The Kier molecular flexibility index (Phi) is 8.48. The monoisotopic (exact) mass is 546 g/mol. The van der Waals surface area contributed by atoms with Gasteiger partial charge in [0.05, 0.1) is 48.8 Å². The largest absolute Gasteiger partial charge is 0.416 e. The van der Waals surface area contributed by atoms with E-state index in [0.29, 0.717) is 49.1 Å². The van der Waals surface area contributed by atoms with E-state index in [1.165, 1.54) is 6.21 Å². The molecule has 3 aromatic rings. The Morgan fingerprint density at radius 2 is 1.82 bits per heavy atom. The number of nitrogens with one attached hydrogen (secondary N) is 2. The summed E-state index contributed by atoms with van der Waals surface area (Å²) in [6.45, 7) is 5.96. The van der Waals surface area contributed by atoms with Crippen LogP contribution in [0.1, 0.15) is 36.6 Å². The Labute approximate surface area is 223 Å². The van der Waals surface area contributed by atoms with Crippen molar-refractivity contribution >= 4 is 35.0 Å². The first-order valence-electron chi connectivity index (χ1n) is 12.3. The van der Waals surface area contributed by atoms with E-state index >= 15 is 0 Å². The summed E-state index contributed by atoms with van der Waals surface area (Å²) in [6, 6.07) is 5.62. The minimum atomic E-state index is -4.48. The SMILES string of the molecule is CC(C)c1cc(/C=N/Nc2ncc(F)c(N3CCOCC3)n2)ncc1Nc1cc(N(C)C)cc(C(F)(F)F)c1. The van der Waals surface area contributed by atoms with Crippen molar-refractivity contribution in [3.05, 3.63) is 59.3 Å². The average molecular weight is 547 g/mol. The molecule has 2 N–H and O–H groups in total. The Hall–Kier alpha value is -4.00. The number of alkyl halides is 3. The van der Waals surface area contributed by atoms with E-state index in [1.54, 1.807) is 42.2 Å². The predicted molar refractivity (Wildman–Crippen MR) is 144 cm³/mol. The van der Waals surface area contributed by atoms with E-state index in [2.05, 4.69) is 30.8 Å². The number of morpholine rings is 1. The van der Waals surface area contributed by atoms with Gasteiger partial charge in [-0.2, -0.15) is 23.3 Å². The zero-order chi connectivity index (χ0) is 28.2.